The van der Waals surface area contributed by atoms with Crippen LogP contribution in [0.25, 0.3) is 10.8 Å². The van der Waals surface area contributed by atoms with Crippen LogP contribution < -0.4 is 5.32 Å². The van der Waals surface area contributed by atoms with Crippen molar-refractivity contribution in [2.75, 3.05) is 18.4 Å². The Morgan fingerprint density at radius 2 is 1.81 bits per heavy atom. The highest BCUT2D eigenvalue weighted by atomic mass is 35.5. The predicted molar refractivity (Wildman–Crippen MR) is 107 cm³/mol. The Morgan fingerprint density at radius 1 is 1.08 bits per heavy atom. The second-order valence-corrected chi connectivity index (χ2v) is 7.96. The lowest BCUT2D eigenvalue weighted by atomic mass is 9.87. The van der Waals surface area contributed by atoms with Crippen LogP contribution in [0.4, 0.5) is 5.82 Å². The molecule has 0 atom stereocenters. The van der Waals surface area contributed by atoms with Crippen molar-refractivity contribution in [2.45, 2.75) is 51.0 Å². The molecule has 1 amide bonds. The second kappa shape index (κ2) is 7.83. The molecule has 138 valence electrons. The minimum Gasteiger partial charge on any atom is -0.367 e. The Bertz CT molecular complexity index is 780. The van der Waals surface area contributed by atoms with Gasteiger partial charge in [-0.3, -0.25) is 4.79 Å². The fraction of sp³-hybridized carbons (Fsp3) is 0.524. The van der Waals surface area contributed by atoms with Crippen molar-refractivity contribution in [3.63, 3.8) is 0 Å². The van der Waals surface area contributed by atoms with Gasteiger partial charge in [-0.1, -0.05) is 55.1 Å². The highest BCUT2D eigenvalue weighted by molar-refractivity contribution is 6.34. The Hall–Kier alpha value is -1.81. The Balaban J connectivity index is 1.36. The molecular formula is C21H26ClN3O. The largest absolute Gasteiger partial charge is 0.367 e. The van der Waals surface area contributed by atoms with Crippen LogP contribution in [0, 0.1) is 5.92 Å². The van der Waals surface area contributed by atoms with E-state index in [9.17, 15) is 4.79 Å². The molecule has 1 N–H and O–H groups in total. The van der Waals surface area contributed by atoms with E-state index >= 15 is 0 Å². The number of pyridine rings is 1. The number of aromatic nitrogens is 1. The van der Waals surface area contributed by atoms with Crippen LogP contribution in [-0.2, 0) is 4.79 Å². The van der Waals surface area contributed by atoms with Crippen molar-refractivity contribution in [1.82, 2.24) is 9.88 Å². The summed E-state index contributed by atoms with van der Waals surface area (Å²) in [5.41, 5.74) is 0. The lowest BCUT2D eigenvalue weighted by Gasteiger charge is -2.35. The normalized spacial score (nSPS) is 19.7. The Labute approximate surface area is 159 Å². The van der Waals surface area contributed by atoms with Crippen LogP contribution in [0.3, 0.4) is 0 Å². The maximum atomic E-state index is 12.7. The zero-order valence-corrected chi connectivity index (χ0v) is 15.8. The fourth-order valence-electron chi connectivity index (χ4n) is 4.29. The molecule has 2 fully saturated rings. The van der Waals surface area contributed by atoms with Gasteiger partial charge in [-0.2, -0.15) is 0 Å². The first-order valence-electron chi connectivity index (χ1n) is 9.81. The first-order valence-corrected chi connectivity index (χ1v) is 10.2. The number of rotatable bonds is 3. The van der Waals surface area contributed by atoms with E-state index in [1.807, 2.05) is 18.2 Å². The number of nitrogens with zero attached hydrogens (tertiary/aromatic N) is 2. The van der Waals surface area contributed by atoms with E-state index in [0.717, 1.165) is 55.4 Å². The van der Waals surface area contributed by atoms with Crippen LogP contribution in [0.15, 0.2) is 30.3 Å². The van der Waals surface area contributed by atoms with Gasteiger partial charge in [-0.15, -0.1) is 0 Å². The summed E-state index contributed by atoms with van der Waals surface area (Å²) in [5, 5.41) is 6.13. The number of anilines is 1. The van der Waals surface area contributed by atoms with Gasteiger partial charge in [-0.25, -0.2) is 4.98 Å². The van der Waals surface area contributed by atoms with E-state index in [-0.39, 0.29) is 5.92 Å². The maximum Gasteiger partial charge on any atom is 0.225 e. The summed E-state index contributed by atoms with van der Waals surface area (Å²) in [6, 6.07) is 10.4. The zero-order valence-electron chi connectivity index (χ0n) is 15.1. The van der Waals surface area contributed by atoms with Gasteiger partial charge in [0.15, 0.2) is 0 Å². The molecule has 0 unspecified atom stereocenters. The van der Waals surface area contributed by atoms with Gasteiger partial charge >= 0.3 is 0 Å². The minimum atomic E-state index is 0.272. The third-order valence-corrected chi connectivity index (χ3v) is 6.10. The molecule has 0 radical (unpaired) electrons. The molecule has 2 heterocycles. The summed E-state index contributed by atoms with van der Waals surface area (Å²) >= 11 is 6.33. The zero-order chi connectivity index (χ0) is 17.9. The molecule has 1 aliphatic heterocycles. The number of fused-ring (bicyclic) bond motifs is 1. The minimum absolute atomic E-state index is 0.272. The second-order valence-electron chi connectivity index (χ2n) is 7.60. The van der Waals surface area contributed by atoms with Gasteiger partial charge in [-0.05, 0) is 37.1 Å². The molecule has 1 saturated heterocycles. The van der Waals surface area contributed by atoms with Crippen molar-refractivity contribution in [3.8, 4) is 0 Å². The Kier molecular flexibility index (Phi) is 5.30. The van der Waals surface area contributed by atoms with Gasteiger partial charge in [0.05, 0.1) is 0 Å². The van der Waals surface area contributed by atoms with E-state index in [2.05, 4.69) is 27.3 Å². The highest BCUT2D eigenvalue weighted by Crippen LogP contribution is 2.28. The van der Waals surface area contributed by atoms with E-state index < -0.39 is 0 Å². The summed E-state index contributed by atoms with van der Waals surface area (Å²) in [6.07, 6.45) is 7.80. The first-order chi connectivity index (χ1) is 12.7. The lowest BCUT2D eigenvalue weighted by molar-refractivity contribution is -0.137. The topological polar surface area (TPSA) is 45.2 Å². The molecule has 0 bridgehead atoms. The average Bonchev–Trinajstić information content (AvgIpc) is 2.69. The molecule has 0 spiro atoms. The van der Waals surface area contributed by atoms with Crippen molar-refractivity contribution >= 4 is 34.1 Å². The molecule has 4 nitrogen and oxygen atoms in total. The number of hydrogen-bond acceptors (Lipinski definition) is 3. The van der Waals surface area contributed by atoms with Gasteiger partial charge in [0.25, 0.3) is 0 Å². The van der Waals surface area contributed by atoms with Crippen LogP contribution in [0.2, 0.25) is 5.15 Å². The number of carbonyl (C=O) groups is 1. The molecule has 26 heavy (non-hydrogen) atoms. The van der Waals surface area contributed by atoms with Crippen molar-refractivity contribution in [3.05, 3.63) is 35.5 Å². The van der Waals surface area contributed by atoms with Crippen molar-refractivity contribution < 1.29 is 4.79 Å². The standard InChI is InChI=1S/C21H26ClN3O/c22-20-18-9-5-4-8-16(18)14-19(24-20)23-17-10-12-25(13-11-17)21(26)15-6-2-1-3-7-15/h4-5,8-9,14-15,17H,1-3,6-7,10-13H2,(H,23,24). The summed E-state index contributed by atoms with van der Waals surface area (Å²) < 4.78 is 0. The first kappa shape index (κ1) is 17.6. The monoisotopic (exact) mass is 371 g/mol. The van der Waals surface area contributed by atoms with E-state index in [4.69, 9.17) is 11.6 Å². The number of hydrogen-bond donors (Lipinski definition) is 1. The van der Waals surface area contributed by atoms with E-state index in [1.54, 1.807) is 0 Å². The molecule has 5 heteroatoms. The molecule has 1 saturated carbocycles. The SMILES string of the molecule is O=C(C1CCCCC1)N1CCC(Nc2cc3ccccc3c(Cl)n2)CC1. The average molecular weight is 372 g/mol. The highest BCUT2D eigenvalue weighted by Gasteiger charge is 2.29. The summed E-state index contributed by atoms with van der Waals surface area (Å²) in [6.45, 7) is 1.68. The van der Waals surface area contributed by atoms with E-state index in [1.165, 1.54) is 19.3 Å². The van der Waals surface area contributed by atoms with Gasteiger partial charge in [0, 0.05) is 30.4 Å². The fourth-order valence-corrected chi connectivity index (χ4v) is 4.55. The number of benzene rings is 1. The summed E-state index contributed by atoms with van der Waals surface area (Å²) in [4.78, 5) is 19.3. The quantitative estimate of drug-likeness (QED) is 0.783. The van der Waals surface area contributed by atoms with Gasteiger partial charge < -0.3 is 10.2 Å². The number of amides is 1. The molecule has 1 aromatic heterocycles. The number of halogens is 1. The van der Waals surface area contributed by atoms with E-state index in [0.29, 0.717) is 17.1 Å². The molecule has 4 rings (SSSR count). The van der Waals surface area contributed by atoms with Crippen LogP contribution in [-0.4, -0.2) is 34.9 Å². The molecule has 2 aliphatic rings. The molecule has 1 aromatic carbocycles. The van der Waals surface area contributed by atoms with Crippen LogP contribution in [0.1, 0.15) is 44.9 Å². The van der Waals surface area contributed by atoms with Crippen LogP contribution in [0.5, 0.6) is 0 Å². The summed E-state index contributed by atoms with van der Waals surface area (Å²) in [7, 11) is 0. The Morgan fingerprint density at radius 3 is 2.58 bits per heavy atom. The third kappa shape index (κ3) is 3.80. The molecular weight excluding hydrogens is 346 g/mol. The third-order valence-electron chi connectivity index (χ3n) is 5.81. The van der Waals surface area contributed by atoms with Crippen molar-refractivity contribution in [2.24, 2.45) is 5.92 Å². The van der Waals surface area contributed by atoms with Gasteiger partial charge in [0.2, 0.25) is 5.91 Å². The number of likely N-dealkylation sites (tertiary alicyclic amines) is 1. The molecule has 2 aromatic rings. The smallest absolute Gasteiger partial charge is 0.225 e. The predicted octanol–water partition coefficient (Wildman–Crippen LogP) is 4.87. The summed E-state index contributed by atoms with van der Waals surface area (Å²) in [5.74, 6) is 1.48. The number of piperidine rings is 1. The molecule has 1 aliphatic carbocycles. The van der Waals surface area contributed by atoms with Crippen LogP contribution >= 0.6 is 11.6 Å². The number of nitrogens with one attached hydrogen (secondary N) is 1. The van der Waals surface area contributed by atoms with Gasteiger partial charge in [0.1, 0.15) is 11.0 Å². The maximum absolute atomic E-state index is 12.7. The van der Waals surface area contributed by atoms with Crippen molar-refractivity contribution in [1.29, 1.82) is 0 Å². The lowest BCUT2D eigenvalue weighted by Crippen LogP contribution is -2.45. The number of carbonyl (C=O) groups excluding carboxylic acids is 1.